The molecule has 0 bridgehead atoms. The van der Waals surface area contributed by atoms with Gasteiger partial charge in [0.2, 0.25) is 22.3 Å². The van der Waals surface area contributed by atoms with Gasteiger partial charge in [-0.3, -0.25) is 19.2 Å². The molecule has 220 valence electrons. The first-order valence-electron chi connectivity index (χ1n) is 13.4. The van der Waals surface area contributed by atoms with E-state index in [0.29, 0.717) is 24.2 Å². The summed E-state index contributed by atoms with van der Waals surface area (Å²) in [4.78, 5) is 42.9. The molecule has 41 heavy (non-hydrogen) atoms. The van der Waals surface area contributed by atoms with E-state index in [2.05, 4.69) is 22.3 Å². The molecule has 12 heteroatoms. The van der Waals surface area contributed by atoms with Gasteiger partial charge in [-0.15, -0.1) is 0 Å². The molecule has 3 N–H and O–H groups in total. The van der Waals surface area contributed by atoms with Gasteiger partial charge < -0.3 is 15.1 Å². The van der Waals surface area contributed by atoms with Gasteiger partial charge in [0.25, 0.3) is 5.91 Å². The zero-order valence-electron chi connectivity index (χ0n) is 23.2. The molecule has 0 aliphatic rings. The summed E-state index contributed by atoms with van der Waals surface area (Å²) in [5, 5.41) is 6.42. The number of benzene rings is 2. The van der Waals surface area contributed by atoms with Crippen LogP contribution in [-0.4, -0.2) is 52.0 Å². The van der Waals surface area contributed by atoms with Gasteiger partial charge in [-0.05, 0) is 43.3 Å². The molecule has 0 aliphatic carbocycles. The molecule has 0 spiro atoms. The standard InChI is InChI=1S/C29H36N4O7S/c1-3-4-6-12-24(18-33(21-34)39-19-22-10-7-5-8-11-22)28(35)31-20-32-29(36)27-16-15-26(40-27)23-13-9-14-25(17-23)41(37,38)30-2/h5,7-11,13-17,21,24,30H,3-4,6,12,18-20H2,1-2H3,(H,31,35)(H,32,36)/t24-/m1/s1. The SMILES string of the molecule is CCCCC[C@H](CN(C=O)OCc1ccccc1)C(=O)NCNC(=O)c1ccc(-c2cccc(S(=O)(=O)NC)c2)o1. The molecule has 2 aromatic carbocycles. The van der Waals surface area contributed by atoms with Gasteiger partial charge in [-0.25, -0.2) is 18.2 Å². The first-order chi connectivity index (χ1) is 19.8. The number of sulfonamides is 1. The third kappa shape index (κ3) is 9.55. The molecule has 11 nitrogen and oxygen atoms in total. The van der Waals surface area contributed by atoms with Crippen LogP contribution in [0.3, 0.4) is 0 Å². The Labute approximate surface area is 240 Å². The number of carbonyl (C=O) groups is 3. The number of furan rings is 1. The number of nitrogens with zero attached hydrogens (tertiary/aromatic N) is 1. The maximum Gasteiger partial charge on any atom is 0.288 e. The second kappa shape index (κ2) is 15.7. The molecule has 0 unspecified atom stereocenters. The Morgan fingerprint density at radius 3 is 2.51 bits per heavy atom. The number of hydrogen-bond donors (Lipinski definition) is 3. The molecule has 3 aromatic rings. The summed E-state index contributed by atoms with van der Waals surface area (Å²) in [6, 6.07) is 18.6. The number of rotatable bonds is 17. The Morgan fingerprint density at radius 1 is 1.02 bits per heavy atom. The van der Waals surface area contributed by atoms with E-state index in [1.54, 1.807) is 18.2 Å². The van der Waals surface area contributed by atoms with Gasteiger partial charge in [0.05, 0.1) is 24.0 Å². The van der Waals surface area contributed by atoms with Crippen LogP contribution in [0.1, 0.15) is 48.7 Å². The van der Waals surface area contributed by atoms with E-state index >= 15 is 0 Å². The van der Waals surface area contributed by atoms with Crippen LogP contribution in [0.15, 0.2) is 76.0 Å². The van der Waals surface area contributed by atoms with Crippen LogP contribution in [0.5, 0.6) is 0 Å². The maximum absolute atomic E-state index is 13.0. The van der Waals surface area contributed by atoms with Gasteiger partial charge in [-0.2, -0.15) is 0 Å². The van der Waals surface area contributed by atoms with E-state index in [9.17, 15) is 22.8 Å². The van der Waals surface area contributed by atoms with Crippen molar-refractivity contribution < 1.29 is 32.1 Å². The summed E-state index contributed by atoms with van der Waals surface area (Å²) >= 11 is 0. The van der Waals surface area contributed by atoms with Crippen LogP contribution in [0.2, 0.25) is 0 Å². The fourth-order valence-corrected chi connectivity index (χ4v) is 4.79. The number of hydrogen-bond acceptors (Lipinski definition) is 7. The summed E-state index contributed by atoms with van der Waals surface area (Å²) in [5.41, 5.74) is 1.38. The average Bonchev–Trinajstić information content (AvgIpc) is 3.49. The molecular weight excluding hydrogens is 548 g/mol. The van der Waals surface area contributed by atoms with Crippen molar-refractivity contribution in [3.63, 3.8) is 0 Å². The Kier molecular flexibility index (Phi) is 12.1. The summed E-state index contributed by atoms with van der Waals surface area (Å²) in [5.74, 6) is -1.10. The van der Waals surface area contributed by atoms with E-state index in [4.69, 9.17) is 9.25 Å². The minimum atomic E-state index is -3.64. The van der Waals surface area contributed by atoms with Crippen LogP contribution in [-0.2, 0) is 31.1 Å². The minimum Gasteiger partial charge on any atom is -0.451 e. The van der Waals surface area contributed by atoms with E-state index < -0.39 is 21.8 Å². The number of carbonyl (C=O) groups excluding carboxylic acids is 3. The van der Waals surface area contributed by atoms with Crippen LogP contribution >= 0.6 is 0 Å². The highest BCUT2D eigenvalue weighted by molar-refractivity contribution is 7.89. The lowest BCUT2D eigenvalue weighted by Gasteiger charge is -2.23. The quantitative estimate of drug-likeness (QED) is 0.0953. The minimum absolute atomic E-state index is 0.00272. The van der Waals surface area contributed by atoms with Gasteiger partial charge >= 0.3 is 0 Å². The van der Waals surface area contributed by atoms with Crippen molar-refractivity contribution in [3.8, 4) is 11.3 Å². The number of nitrogens with one attached hydrogen (secondary N) is 3. The zero-order chi connectivity index (χ0) is 29.7. The molecule has 1 aromatic heterocycles. The maximum atomic E-state index is 13.0. The first-order valence-corrected chi connectivity index (χ1v) is 14.8. The highest BCUT2D eigenvalue weighted by atomic mass is 32.2. The monoisotopic (exact) mass is 584 g/mol. The number of unbranched alkanes of at least 4 members (excludes halogenated alkanes) is 2. The summed E-state index contributed by atoms with van der Waals surface area (Å²) in [6.07, 6.45) is 3.84. The van der Waals surface area contributed by atoms with Crippen molar-refractivity contribution in [2.24, 2.45) is 5.92 Å². The molecule has 0 saturated heterocycles. The van der Waals surface area contributed by atoms with Gasteiger partial charge in [-0.1, -0.05) is 68.7 Å². The Bertz CT molecular complexity index is 1390. The molecule has 0 fully saturated rings. The van der Waals surface area contributed by atoms with Crippen molar-refractivity contribution in [2.75, 3.05) is 20.3 Å². The highest BCUT2D eigenvalue weighted by Crippen LogP contribution is 2.24. The molecule has 0 aliphatic heterocycles. The fraction of sp³-hybridized carbons (Fsp3) is 0.345. The van der Waals surface area contributed by atoms with Gasteiger partial charge in [0, 0.05) is 5.56 Å². The Balaban J connectivity index is 1.56. The molecule has 1 atom stereocenters. The van der Waals surface area contributed by atoms with Crippen molar-refractivity contribution in [1.29, 1.82) is 0 Å². The van der Waals surface area contributed by atoms with Crippen LogP contribution in [0, 0.1) is 5.92 Å². The summed E-state index contributed by atoms with van der Waals surface area (Å²) < 4.78 is 32.1. The van der Waals surface area contributed by atoms with Crippen molar-refractivity contribution >= 4 is 28.2 Å². The van der Waals surface area contributed by atoms with Crippen LogP contribution in [0.4, 0.5) is 0 Å². The zero-order valence-corrected chi connectivity index (χ0v) is 24.0. The lowest BCUT2D eigenvalue weighted by atomic mass is 10.0. The molecule has 0 saturated carbocycles. The van der Waals surface area contributed by atoms with Crippen molar-refractivity contribution in [3.05, 3.63) is 78.1 Å². The number of amides is 3. The predicted molar refractivity (Wildman–Crippen MR) is 152 cm³/mol. The molecule has 0 radical (unpaired) electrons. The average molecular weight is 585 g/mol. The summed E-state index contributed by atoms with van der Waals surface area (Å²) in [7, 11) is -2.32. The first kappa shape index (κ1) is 31.5. The Hall–Kier alpha value is -4.00. The smallest absolute Gasteiger partial charge is 0.288 e. The molecule has 1 heterocycles. The normalized spacial score (nSPS) is 12.0. The largest absolute Gasteiger partial charge is 0.451 e. The number of hydroxylamine groups is 2. The fourth-order valence-electron chi connectivity index (χ4n) is 4.01. The lowest BCUT2D eigenvalue weighted by molar-refractivity contribution is -0.182. The van der Waals surface area contributed by atoms with Gasteiger partial charge in [0.1, 0.15) is 12.4 Å². The topological polar surface area (TPSA) is 147 Å². The Morgan fingerprint density at radius 2 is 1.80 bits per heavy atom. The highest BCUT2D eigenvalue weighted by Gasteiger charge is 2.22. The van der Waals surface area contributed by atoms with E-state index in [1.165, 1.54) is 25.2 Å². The van der Waals surface area contributed by atoms with E-state index in [0.717, 1.165) is 29.9 Å². The van der Waals surface area contributed by atoms with Gasteiger partial charge in [0.15, 0.2) is 5.76 Å². The van der Waals surface area contributed by atoms with Crippen LogP contribution < -0.4 is 15.4 Å². The molecular formula is C29H36N4O7S. The molecule has 3 amide bonds. The van der Waals surface area contributed by atoms with E-state index in [-0.39, 0.29) is 36.4 Å². The van der Waals surface area contributed by atoms with E-state index in [1.807, 2.05) is 30.3 Å². The summed E-state index contributed by atoms with van der Waals surface area (Å²) in [6.45, 7) is 2.18. The third-order valence-electron chi connectivity index (χ3n) is 6.32. The van der Waals surface area contributed by atoms with Crippen molar-refractivity contribution in [1.82, 2.24) is 20.4 Å². The van der Waals surface area contributed by atoms with Crippen LogP contribution in [0.25, 0.3) is 11.3 Å². The third-order valence-corrected chi connectivity index (χ3v) is 7.74. The second-order valence-electron chi connectivity index (χ2n) is 9.28. The lowest BCUT2D eigenvalue weighted by Crippen LogP contribution is -2.43. The second-order valence-corrected chi connectivity index (χ2v) is 11.2. The molecule has 3 rings (SSSR count). The van der Waals surface area contributed by atoms with Crippen molar-refractivity contribution in [2.45, 2.75) is 44.1 Å². The predicted octanol–water partition coefficient (Wildman–Crippen LogP) is 3.44.